The Bertz CT molecular complexity index is 626. The SMILES string of the molecule is C=CC[C@@H](CC(=O)NC1(CO)CCCC1)C(=O)N[C@H](CO)c1ccccc1. The molecule has 0 spiro atoms. The molecule has 6 heteroatoms. The molecule has 1 aliphatic rings. The van der Waals surface area contributed by atoms with E-state index < -0.39 is 17.5 Å². The van der Waals surface area contributed by atoms with Gasteiger partial charge in [-0.15, -0.1) is 6.58 Å². The van der Waals surface area contributed by atoms with Gasteiger partial charge in [-0.25, -0.2) is 0 Å². The lowest BCUT2D eigenvalue weighted by atomic mass is 9.95. The second-order valence-corrected chi connectivity index (χ2v) is 7.27. The molecule has 0 radical (unpaired) electrons. The number of carbonyl (C=O) groups excluding carboxylic acids is 2. The Kier molecular flexibility index (Phi) is 8.00. The number of hydrogen-bond acceptors (Lipinski definition) is 4. The summed E-state index contributed by atoms with van der Waals surface area (Å²) >= 11 is 0. The van der Waals surface area contributed by atoms with Gasteiger partial charge in [-0.1, -0.05) is 49.2 Å². The molecule has 0 unspecified atom stereocenters. The van der Waals surface area contributed by atoms with Gasteiger partial charge in [0.25, 0.3) is 0 Å². The minimum Gasteiger partial charge on any atom is -0.394 e. The zero-order valence-electron chi connectivity index (χ0n) is 15.7. The monoisotopic (exact) mass is 374 g/mol. The first-order chi connectivity index (χ1) is 13.0. The molecule has 2 atom stereocenters. The highest BCUT2D eigenvalue weighted by molar-refractivity contribution is 5.86. The van der Waals surface area contributed by atoms with E-state index in [4.69, 9.17) is 0 Å². The molecule has 0 bridgehead atoms. The highest BCUT2D eigenvalue weighted by atomic mass is 16.3. The predicted octanol–water partition coefficient (Wildman–Crippen LogP) is 1.84. The van der Waals surface area contributed by atoms with Crippen molar-refractivity contribution in [1.29, 1.82) is 0 Å². The summed E-state index contributed by atoms with van der Waals surface area (Å²) in [5.41, 5.74) is 0.254. The van der Waals surface area contributed by atoms with Crippen LogP contribution in [0.5, 0.6) is 0 Å². The van der Waals surface area contributed by atoms with Gasteiger partial charge in [-0.2, -0.15) is 0 Å². The molecule has 6 nitrogen and oxygen atoms in total. The summed E-state index contributed by atoms with van der Waals surface area (Å²) in [6.07, 6.45) is 5.47. The lowest BCUT2D eigenvalue weighted by Gasteiger charge is -2.29. The van der Waals surface area contributed by atoms with Crippen LogP contribution in [0.2, 0.25) is 0 Å². The summed E-state index contributed by atoms with van der Waals surface area (Å²) in [5, 5.41) is 25.0. The molecule has 2 rings (SSSR count). The van der Waals surface area contributed by atoms with Crippen LogP contribution < -0.4 is 10.6 Å². The molecule has 148 valence electrons. The van der Waals surface area contributed by atoms with E-state index in [1.807, 2.05) is 30.3 Å². The van der Waals surface area contributed by atoms with E-state index in [0.717, 1.165) is 31.2 Å². The molecular formula is C21H30N2O4. The van der Waals surface area contributed by atoms with Crippen molar-refractivity contribution in [3.63, 3.8) is 0 Å². The number of aliphatic hydroxyl groups excluding tert-OH is 2. The minimum absolute atomic E-state index is 0.0204. The van der Waals surface area contributed by atoms with Gasteiger partial charge in [0.1, 0.15) is 0 Å². The Labute approximate surface area is 160 Å². The molecule has 0 aliphatic heterocycles. The summed E-state index contributed by atoms with van der Waals surface area (Å²) < 4.78 is 0. The summed E-state index contributed by atoms with van der Waals surface area (Å²) in [5.74, 6) is -1.11. The lowest BCUT2D eigenvalue weighted by Crippen LogP contribution is -2.50. The number of carbonyl (C=O) groups is 2. The second-order valence-electron chi connectivity index (χ2n) is 7.27. The largest absolute Gasteiger partial charge is 0.394 e. The van der Waals surface area contributed by atoms with Crippen molar-refractivity contribution >= 4 is 11.8 Å². The Balaban J connectivity index is 1.99. The van der Waals surface area contributed by atoms with E-state index in [1.54, 1.807) is 6.08 Å². The maximum absolute atomic E-state index is 12.7. The smallest absolute Gasteiger partial charge is 0.224 e. The van der Waals surface area contributed by atoms with Crippen LogP contribution in [-0.2, 0) is 9.59 Å². The van der Waals surface area contributed by atoms with Gasteiger partial charge in [-0.05, 0) is 24.8 Å². The Morgan fingerprint density at radius 2 is 1.85 bits per heavy atom. The topological polar surface area (TPSA) is 98.7 Å². The van der Waals surface area contributed by atoms with Crippen molar-refractivity contribution in [2.24, 2.45) is 5.92 Å². The Morgan fingerprint density at radius 1 is 1.19 bits per heavy atom. The van der Waals surface area contributed by atoms with E-state index in [1.165, 1.54) is 0 Å². The highest BCUT2D eigenvalue weighted by Crippen LogP contribution is 2.29. The Hall–Kier alpha value is -2.18. The van der Waals surface area contributed by atoms with E-state index in [9.17, 15) is 19.8 Å². The van der Waals surface area contributed by atoms with Gasteiger partial charge in [0, 0.05) is 6.42 Å². The third-order valence-corrected chi connectivity index (χ3v) is 5.22. The number of amides is 2. The average molecular weight is 374 g/mol. The van der Waals surface area contributed by atoms with Crippen LogP contribution in [-0.4, -0.2) is 40.8 Å². The summed E-state index contributed by atoms with van der Waals surface area (Å²) in [6, 6.07) is 8.70. The van der Waals surface area contributed by atoms with Gasteiger partial charge in [-0.3, -0.25) is 9.59 Å². The van der Waals surface area contributed by atoms with E-state index in [0.29, 0.717) is 6.42 Å². The second kappa shape index (κ2) is 10.2. The van der Waals surface area contributed by atoms with Gasteiger partial charge in [0.15, 0.2) is 0 Å². The molecule has 0 saturated heterocycles. The molecule has 1 aromatic rings. The van der Waals surface area contributed by atoms with Gasteiger partial charge in [0.2, 0.25) is 11.8 Å². The van der Waals surface area contributed by atoms with Gasteiger partial charge >= 0.3 is 0 Å². The predicted molar refractivity (Wildman–Crippen MR) is 104 cm³/mol. The number of allylic oxidation sites excluding steroid dienone is 1. The molecule has 1 aliphatic carbocycles. The molecule has 0 heterocycles. The molecule has 1 fully saturated rings. The van der Waals surface area contributed by atoms with Gasteiger partial charge < -0.3 is 20.8 Å². The van der Waals surface area contributed by atoms with E-state index >= 15 is 0 Å². The van der Waals surface area contributed by atoms with Crippen molar-refractivity contribution in [3.8, 4) is 0 Å². The normalized spacial score (nSPS) is 17.7. The summed E-state index contributed by atoms with van der Waals surface area (Å²) in [7, 11) is 0. The molecule has 1 saturated carbocycles. The molecule has 4 N–H and O–H groups in total. The highest BCUT2D eigenvalue weighted by Gasteiger charge is 2.35. The van der Waals surface area contributed by atoms with Crippen molar-refractivity contribution in [1.82, 2.24) is 10.6 Å². The Morgan fingerprint density at radius 3 is 2.41 bits per heavy atom. The van der Waals surface area contributed by atoms with Crippen LogP contribution >= 0.6 is 0 Å². The van der Waals surface area contributed by atoms with Crippen LogP contribution in [0, 0.1) is 5.92 Å². The number of benzene rings is 1. The fraction of sp³-hybridized carbons (Fsp3) is 0.524. The van der Waals surface area contributed by atoms with Crippen molar-refractivity contribution in [3.05, 3.63) is 48.6 Å². The fourth-order valence-electron chi connectivity index (χ4n) is 3.64. The van der Waals surface area contributed by atoms with Crippen molar-refractivity contribution < 1.29 is 19.8 Å². The molecule has 0 aromatic heterocycles. The number of rotatable bonds is 10. The van der Waals surface area contributed by atoms with Crippen molar-refractivity contribution in [2.45, 2.75) is 50.1 Å². The van der Waals surface area contributed by atoms with Crippen LogP contribution in [0.15, 0.2) is 43.0 Å². The third-order valence-electron chi connectivity index (χ3n) is 5.22. The van der Waals surface area contributed by atoms with Crippen LogP contribution in [0.25, 0.3) is 0 Å². The maximum Gasteiger partial charge on any atom is 0.224 e. The fourth-order valence-corrected chi connectivity index (χ4v) is 3.64. The molecule has 2 amide bonds. The first kappa shape index (κ1) is 21.1. The molecule has 27 heavy (non-hydrogen) atoms. The number of hydrogen-bond donors (Lipinski definition) is 4. The number of aliphatic hydroxyl groups is 2. The van der Waals surface area contributed by atoms with Crippen LogP contribution in [0.4, 0.5) is 0 Å². The maximum atomic E-state index is 12.7. The van der Waals surface area contributed by atoms with E-state index in [2.05, 4.69) is 17.2 Å². The number of nitrogens with one attached hydrogen (secondary N) is 2. The zero-order chi connectivity index (χ0) is 19.7. The van der Waals surface area contributed by atoms with E-state index in [-0.39, 0.29) is 31.4 Å². The first-order valence-electron chi connectivity index (χ1n) is 9.52. The average Bonchev–Trinajstić information content (AvgIpc) is 3.15. The zero-order valence-corrected chi connectivity index (χ0v) is 15.7. The van der Waals surface area contributed by atoms with Crippen LogP contribution in [0.3, 0.4) is 0 Å². The quantitative estimate of drug-likeness (QED) is 0.470. The molecular weight excluding hydrogens is 344 g/mol. The third kappa shape index (κ3) is 5.91. The minimum atomic E-state index is -0.572. The van der Waals surface area contributed by atoms with Crippen LogP contribution in [0.1, 0.15) is 50.1 Å². The van der Waals surface area contributed by atoms with Crippen molar-refractivity contribution in [2.75, 3.05) is 13.2 Å². The standard InChI is InChI=1S/C21H30N2O4/c1-2-8-17(13-19(26)23-21(15-25)11-6-7-12-21)20(27)22-18(14-24)16-9-4-3-5-10-16/h2-5,9-10,17-18,24-25H,1,6-8,11-15H2,(H,22,27)(H,23,26)/t17-,18+/m0/s1. The molecule has 1 aromatic carbocycles. The lowest BCUT2D eigenvalue weighted by molar-refractivity contribution is -0.132. The summed E-state index contributed by atoms with van der Waals surface area (Å²) in [6.45, 7) is 3.37. The first-order valence-corrected chi connectivity index (χ1v) is 9.52. The summed E-state index contributed by atoms with van der Waals surface area (Å²) in [4.78, 5) is 25.2. The van der Waals surface area contributed by atoms with Gasteiger partial charge in [0.05, 0.1) is 30.7 Å².